The highest BCUT2D eigenvalue weighted by atomic mass is 16.5. The van der Waals surface area contributed by atoms with Crippen molar-refractivity contribution in [2.75, 3.05) is 6.61 Å². The molecule has 0 aliphatic carbocycles. The monoisotopic (exact) mass is 279 g/mol. The Bertz CT molecular complexity index is 617. The van der Waals surface area contributed by atoms with E-state index in [-0.39, 0.29) is 5.92 Å². The molecule has 108 valence electrons. The molecule has 21 heavy (non-hydrogen) atoms. The topological polar surface area (TPSA) is 33.0 Å². The van der Waals surface area contributed by atoms with Gasteiger partial charge in [0.2, 0.25) is 0 Å². The standard InChI is InChI=1S/C19H21NO/c1-14-11-15(2)19(16(3)12-14)21-10-9-18(13-20)17-7-5-4-6-8-17/h4-8,11-12,18H,9-10H2,1-3H3. The molecule has 0 bridgehead atoms. The summed E-state index contributed by atoms with van der Waals surface area (Å²) in [6.45, 7) is 6.77. The van der Waals surface area contributed by atoms with Crippen molar-refractivity contribution in [1.82, 2.24) is 0 Å². The molecule has 0 N–H and O–H groups in total. The van der Waals surface area contributed by atoms with Crippen LogP contribution in [-0.4, -0.2) is 6.61 Å². The van der Waals surface area contributed by atoms with Gasteiger partial charge in [-0.1, -0.05) is 48.0 Å². The van der Waals surface area contributed by atoms with Crippen molar-refractivity contribution in [3.8, 4) is 11.8 Å². The fraction of sp³-hybridized carbons (Fsp3) is 0.316. The van der Waals surface area contributed by atoms with Crippen molar-refractivity contribution in [1.29, 1.82) is 5.26 Å². The molecule has 0 fully saturated rings. The molecule has 0 spiro atoms. The summed E-state index contributed by atoms with van der Waals surface area (Å²) in [5.41, 5.74) is 4.61. The molecule has 2 aromatic rings. The van der Waals surface area contributed by atoms with Crippen LogP contribution in [0.25, 0.3) is 0 Å². The summed E-state index contributed by atoms with van der Waals surface area (Å²) in [5.74, 6) is 0.836. The van der Waals surface area contributed by atoms with Gasteiger partial charge in [0, 0.05) is 6.42 Å². The van der Waals surface area contributed by atoms with Gasteiger partial charge in [-0.3, -0.25) is 0 Å². The zero-order valence-electron chi connectivity index (χ0n) is 12.9. The van der Waals surface area contributed by atoms with E-state index in [1.165, 1.54) is 5.56 Å². The number of hydrogen-bond donors (Lipinski definition) is 0. The van der Waals surface area contributed by atoms with E-state index in [4.69, 9.17) is 4.74 Å². The minimum atomic E-state index is -0.114. The summed E-state index contributed by atoms with van der Waals surface area (Å²) < 4.78 is 5.93. The summed E-state index contributed by atoms with van der Waals surface area (Å²) in [4.78, 5) is 0. The third kappa shape index (κ3) is 3.86. The van der Waals surface area contributed by atoms with Crippen molar-refractivity contribution in [3.05, 3.63) is 64.7 Å². The van der Waals surface area contributed by atoms with E-state index in [9.17, 15) is 5.26 Å². The first-order chi connectivity index (χ1) is 10.1. The van der Waals surface area contributed by atoms with E-state index < -0.39 is 0 Å². The molecule has 2 rings (SSSR count). The Morgan fingerprint density at radius 2 is 1.67 bits per heavy atom. The summed E-state index contributed by atoms with van der Waals surface area (Å²) >= 11 is 0. The van der Waals surface area contributed by atoms with Crippen LogP contribution in [0.15, 0.2) is 42.5 Å². The number of ether oxygens (including phenoxy) is 1. The van der Waals surface area contributed by atoms with E-state index in [0.29, 0.717) is 13.0 Å². The molecule has 0 heterocycles. The van der Waals surface area contributed by atoms with Crippen LogP contribution in [0.2, 0.25) is 0 Å². The molecular weight excluding hydrogens is 258 g/mol. The second-order valence-electron chi connectivity index (χ2n) is 5.46. The number of nitrogens with zero attached hydrogens (tertiary/aromatic N) is 1. The Hall–Kier alpha value is -2.27. The van der Waals surface area contributed by atoms with Gasteiger partial charge < -0.3 is 4.74 Å². The van der Waals surface area contributed by atoms with Gasteiger partial charge in [0.25, 0.3) is 0 Å². The van der Waals surface area contributed by atoms with Gasteiger partial charge in [0.15, 0.2) is 0 Å². The molecule has 0 saturated carbocycles. The third-order valence-corrected chi connectivity index (χ3v) is 3.62. The third-order valence-electron chi connectivity index (χ3n) is 3.62. The molecule has 0 aromatic heterocycles. The zero-order valence-corrected chi connectivity index (χ0v) is 12.9. The van der Waals surface area contributed by atoms with E-state index in [1.54, 1.807) is 0 Å². The Kier molecular flexibility index (Phi) is 5.00. The summed E-state index contributed by atoms with van der Waals surface area (Å²) in [6.07, 6.45) is 0.702. The number of rotatable bonds is 5. The second kappa shape index (κ2) is 6.95. The Morgan fingerprint density at radius 1 is 1.05 bits per heavy atom. The van der Waals surface area contributed by atoms with Gasteiger partial charge in [-0.15, -0.1) is 0 Å². The molecule has 2 nitrogen and oxygen atoms in total. The molecule has 0 amide bonds. The minimum Gasteiger partial charge on any atom is -0.493 e. The maximum Gasteiger partial charge on any atom is 0.125 e. The highest BCUT2D eigenvalue weighted by molar-refractivity contribution is 5.42. The summed E-state index contributed by atoms with van der Waals surface area (Å²) in [5, 5.41) is 9.32. The lowest BCUT2D eigenvalue weighted by atomic mass is 9.98. The molecule has 0 aliphatic rings. The van der Waals surface area contributed by atoms with Crippen LogP contribution in [0.1, 0.15) is 34.6 Å². The second-order valence-corrected chi connectivity index (χ2v) is 5.46. The van der Waals surface area contributed by atoms with Crippen molar-refractivity contribution in [2.45, 2.75) is 33.1 Å². The lowest BCUT2D eigenvalue weighted by Gasteiger charge is -2.15. The smallest absolute Gasteiger partial charge is 0.125 e. The van der Waals surface area contributed by atoms with Crippen LogP contribution in [0.4, 0.5) is 0 Å². The molecule has 1 atom stereocenters. The molecule has 0 radical (unpaired) electrons. The van der Waals surface area contributed by atoms with Gasteiger partial charge >= 0.3 is 0 Å². The fourth-order valence-electron chi connectivity index (χ4n) is 2.66. The Labute approximate surface area is 127 Å². The predicted molar refractivity (Wildman–Crippen MR) is 85.6 cm³/mol. The molecule has 0 aliphatic heterocycles. The first-order valence-corrected chi connectivity index (χ1v) is 7.27. The highest BCUT2D eigenvalue weighted by Crippen LogP contribution is 2.26. The van der Waals surface area contributed by atoms with Gasteiger partial charge in [0.05, 0.1) is 18.6 Å². The van der Waals surface area contributed by atoms with Gasteiger partial charge in [-0.25, -0.2) is 0 Å². The van der Waals surface area contributed by atoms with Gasteiger partial charge in [-0.2, -0.15) is 5.26 Å². The lowest BCUT2D eigenvalue weighted by molar-refractivity contribution is 0.302. The predicted octanol–water partition coefficient (Wildman–Crippen LogP) is 4.69. The molecule has 2 heteroatoms. The van der Waals surface area contributed by atoms with Crippen LogP contribution < -0.4 is 4.74 Å². The van der Waals surface area contributed by atoms with Crippen LogP contribution >= 0.6 is 0 Å². The Morgan fingerprint density at radius 3 is 2.24 bits per heavy atom. The minimum absolute atomic E-state index is 0.114. The Balaban J connectivity index is 2.00. The van der Waals surface area contributed by atoms with E-state index in [0.717, 1.165) is 22.4 Å². The number of benzene rings is 2. The van der Waals surface area contributed by atoms with E-state index in [1.807, 2.05) is 30.3 Å². The quantitative estimate of drug-likeness (QED) is 0.795. The fourth-order valence-corrected chi connectivity index (χ4v) is 2.66. The van der Waals surface area contributed by atoms with Gasteiger partial charge in [0.1, 0.15) is 5.75 Å². The van der Waals surface area contributed by atoms with E-state index in [2.05, 4.69) is 39.0 Å². The molecule has 0 saturated heterocycles. The maximum atomic E-state index is 9.32. The number of nitriles is 1. The van der Waals surface area contributed by atoms with Crippen molar-refractivity contribution in [2.24, 2.45) is 0 Å². The van der Waals surface area contributed by atoms with Crippen LogP contribution in [0.5, 0.6) is 5.75 Å². The maximum absolute atomic E-state index is 9.32. The molecule has 2 aromatic carbocycles. The number of aryl methyl sites for hydroxylation is 3. The SMILES string of the molecule is Cc1cc(C)c(OCCC(C#N)c2ccccc2)c(C)c1. The molecule has 1 unspecified atom stereocenters. The zero-order chi connectivity index (χ0) is 15.2. The summed E-state index contributed by atoms with van der Waals surface area (Å²) in [6, 6.07) is 16.5. The lowest BCUT2D eigenvalue weighted by Crippen LogP contribution is -2.06. The normalized spacial score (nSPS) is 11.7. The van der Waals surface area contributed by atoms with Gasteiger partial charge in [-0.05, 0) is 37.5 Å². The first-order valence-electron chi connectivity index (χ1n) is 7.27. The van der Waals surface area contributed by atoms with Crippen LogP contribution in [-0.2, 0) is 0 Å². The summed E-state index contributed by atoms with van der Waals surface area (Å²) in [7, 11) is 0. The van der Waals surface area contributed by atoms with Crippen molar-refractivity contribution < 1.29 is 4.74 Å². The van der Waals surface area contributed by atoms with E-state index >= 15 is 0 Å². The highest BCUT2D eigenvalue weighted by Gasteiger charge is 2.11. The average Bonchev–Trinajstić information content (AvgIpc) is 2.46. The van der Waals surface area contributed by atoms with Crippen molar-refractivity contribution in [3.63, 3.8) is 0 Å². The van der Waals surface area contributed by atoms with Crippen molar-refractivity contribution >= 4 is 0 Å². The molecular formula is C19H21NO. The average molecular weight is 279 g/mol. The first kappa shape index (κ1) is 15.1. The number of hydrogen-bond acceptors (Lipinski definition) is 2. The van der Waals surface area contributed by atoms with Crippen LogP contribution in [0.3, 0.4) is 0 Å². The van der Waals surface area contributed by atoms with Crippen LogP contribution in [0, 0.1) is 32.1 Å². The largest absolute Gasteiger partial charge is 0.493 e.